The largest absolute Gasteiger partial charge is 0.497 e. The topological polar surface area (TPSA) is 160 Å². The van der Waals surface area contributed by atoms with Gasteiger partial charge in [0.1, 0.15) is 46.9 Å². The van der Waals surface area contributed by atoms with Crippen LogP contribution in [-0.4, -0.2) is 74.2 Å². The van der Waals surface area contributed by atoms with Gasteiger partial charge in [-0.1, -0.05) is 75.4 Å². The number of terminal acetylenes is 1. The Labute approximate surface area is 502 Å². The first-order valence-corrected chi connectivity index (χ1v) is 29.4. The van der Waals surface area contributed by atoms with E-state index in [-0.39, 0.29) is 36.5 Å². The number of benzene rings is 4. The van der Waals surface area contributed by atoms with Crippen molar-refractivity contribution in [1.82, 2.24) is 9.13 Å². The summed E-state index contributed by atoms with van der Waals surface area (Å²) >= 11 is 0. The molecule has 1 aromatic heterocycles. The van der Waals surface area contributed by atoms with E-state index in [0.717, 1.165) is 16.2 Å². The summed E-state index contributed by atoms with van der Waals surface area (Å²) in [6.07, 6.45) is 3.13. The van der Waals surface area contributed by atoms with E-state index in [1.54, 1.807) is 27.2 Å². The number of carbonyl (C=O) groups is 3. The second-order valence-electron chi connectivity index (χ2n) is 20.1. The molecule has 0 amide bonds. The van der Waals surface area contributed by atoms with Gasteiger partial charge in [0.25, 0.3) is 11.5 Å². The number of rotatable bonds is 17. The quantitative estimate of drug-likeness (QED) is 0.0389. The molecule has 0 radical (unpaired) electrons. The molecule has 86 heavy (non-hydrogen) atoms. The van der Waals surface area contributed by atoms with E-state index >= 15 is 0 Å². The lowest BCUT2D eigenvalue weighted by Crippen LogP contribution is -2.52. The van der Waals surface area contributed by atoms with Crippen LogP contribution in [0.2, 0.25) is 18.1 Å². The number of carbonyl (C=O) groups excluding carboxylic acids is 3. The van der Waals surface area contributed by atoms with Crippen LogP contribution >= 0.6 is 0 Å². The number of methoxy groups -OCH3 is 2. The first kappa shape index (κ1) is 64.2. The molecule has 0 spiro atoms. The summed E-state index contributed by atoms with van der Waals surface area (Å²) in [6.45, 7) is 12.8. The molecule has 0 bridgehead atoms. The molecule has 0 aliphatic carbocycles. The second kappa shape index (κ2) is 30.9. The summed E-state index contributed by atoms with van der Waals surface area (Å²) in [7, 11) is 0.228. The summed E-state index contributed by atoms with van der Waals surface area (Å²) in [6, 6.07) is 29.8. The van der Waals surface area contributed by atoms with Crippen LogP contribution in [0, 0.1) is 138 Å². The average molecular weight is 1160 g/mol. The van der Waals surface area contributed by atoms with E-state index in [2.05, 4.69) is 125 Å². The lowest BCUT2D eigenvalue weighted by atomic mass is 9.80. The fourth-order valence-electron chi connectivity index (χ4n) is 8.23. The van der Waals surface area contributed by atoms with Crippen molar-refractivity contribution >= 4 is 26.0 Å². The lowest BCUT2D eigenvalue weighted by Gasteiger charge is -2.40. The number of aryl methyl sites for hydroxylation is 1. The lowest BCUT2D eigenvalue weighted by molar-refractivity contribution is -0.159. The van der Waals surface area contributed by atoms with Crippen molar-refractivity contribution in [1.29, 1.82) is 0 Å². The van der Waals surface area contributed by atoms with Gasteiger partial charge in [0.2, 0.25) is 0 Å². The van der Waals surface area contributed by atoms with Crippen molar-refractivity contribution in [2.24, 2.45) is 0 Å². The van der Waals surface area contributed by atoms with Gasteiger partial charge in [0.05, 0.1) is 27.2 Å². The number of hydrogen-bond donors (Lipinski definition) is 0. The fraction of sp³-hybridized carbons (Fsp3) is 0.254. The van der Waals surface area contributed by atoms with Crippen molar-refractivity contribution in [2.75, 3.05) is 20.8 Å². The second-order valence-corrected chi connectivity index (χ2v) is 24.9. The van der Waals surface area contributed by atoms with E-state index < -0.39 is 66.6 Å². The summed E-state index contributed by atoms with van der Waals surface area (Å²) in [5.74, 6) is 48.7. The van der Waals surface area contributed by atoms with Gasteiger partial charge in [0.15, 0.2) is 20.6 Å². The van der Waals surface area contributed by atoms with Crippen LogP contribution in [0.1, 0.15) is 79.4 Å². The Morgan fingerprint density at radius 1 is 0.628 bits per heavy atom. The third kappa shape index (κ3) is 17.3. The van der Waals surface area contributed by atoms with Crippen LogP contribution in [0.5, 0.6) is 17.2 Å². The monoisotopic (exact) mass is 1160 g/mol. The predicted octanol–water partition coefficient (Wildman–Crippen LogP) is 7.61. The number of ketones is 1. The molecule has 4 atom stereocenters. The van der Waals surface area contributed by atoms with E-state index in [1.807, 2.05) is 113 Å². The summed E-state index contributed by atoms with van der Waals surface area (Å²) in [4.78, 5) is 69.5. The molecule has 0 N–H and O–H groups in total. The number of esters is 1. The van der Waals surface area contributed by atoms with Crippen LogP contribution in [-0.2, 0) is 33.8 Å². The maximum absolute atomic E-state index is 15.0. The molecule has 6 rings (SSSR count). The number of hydrogen-bond acceptors (Lipinski definition) is 12. The number of ether oxygens (including phenoxy) is 6. The third-order valence-electron chi connectivity index (χ3n) is 13.3. The number of nitrogens with zero attached hydrogens (tertiary/aromatic N) is 2. The Bertz CT molecular complexity index is 4190. The molecule has 1 aliphatic rings. The van der Waals surface area contributed by atoms with Gasteiger partial charge in [-0.2, -0.15) is 4.57 Å². The van der Waals surface area contributed by atoms with Crippen LogP contribution in [0.15, 0.2) is 119 Å². The van der Waals surface area contributed by atoms with Crippen LogP contribution in [0.3, 0.4) is 0 Å². The highest BCUT2D eigenvalue weighted by atomic mass is 28.4. The van der Waals surface area contributed by atoms with Crippen molar-refractivity contribution in [3.05, 3.63) is 158 Å². The molecule has 1 aliphatic heterocycles. The maximum Gasteiger partial charge on any atom is 0.340 e. The molecule has 2 heterocycles. The molecule has 1 fully saturated rings. The van der Waals surface area contributed by atoms with Crippen molar-refractivity contribution < 1.29 is 47.2 Å². The van der Waals surface area contributed by atoms with Crippen molar-refractivity contribution in [3.63, 3.8) is 0 Å². The molecule has 0 saturated carbocycles. The van der Waals surface area contributed by atoms with Gasteiger partial charge < -0.3 is 37.6 Å². The van der Waals surface area contributed by atoms with E-state index in [1.165, 1.54) is 25.3 Å². The zero-order chi connectivity index (χ0) is 62.1. The Kier molecular flexibility index (Phi) is 23.1. The van der Waals surface area contributed by atoms with Gasteiger partial charge in [-0.05, 0) is 144 Å². The van der Waals surface area contributed by atoms with Gasteiger partial charge in [-0.15, -0.1) is 6.42 Å². The Morgan fingerprint density at radius 3 is 1.62 bits per heavy atom. The Morgan fingerprint density at radius 2 is 1.13 bits per heavy atom. The van der Waals surface area contributed by atoms with Crippen LogP contribution in [0.25, 0.3) is 0 Å². The minimum atomic E-state index is -2.91. The van der Waals surface area contributed by atoms with E-state index in [4.69, 9.17) is 39.3 Å². The van der Waals surface area contributed by atoms with E-state index in [9.17, 15) is 24.0 Å². The summed E-state index contributed by atoms with van der Waals surface area (Å²) in [5.41, 5.74) is -0.854. The van der Waals surface area contributed by atoms with Gasteiger partial charge in [-0.3, -0.25) is 19.0 Å². The highest BCUT2D eigenvalue weighted by Gasteiger charge is 2.54. The standard InChI is InChI=1S/C71H56N2O12Si/c1-11-12-13-14-15-16-17-18-19-20-21-22-23-24-25-26-27-28-29-33-48-81-61-50-53(2)49-55(51-61)67(77)73-63(75)46-47-72(69(73)78)68-66(85-86(9,10)70(4,5)6)65(84-64(76)45-36-54(3)74)62(83-68)52-82-71(56-34-31-30-32-35-56,57-37-41-59(79-7)42-38-57)58-39-43-60(80-8)44-40-58/h1,30-32,34-35,37-44,46-47,49-51,62,65-66,68H,36,45,52H2,2-10H3/t62-,65?,66+,68-/m1/s1. The first-order chi connectivity index (χ1) is 41.3. The fourth-order valence-corrected chi connectivity index (χ4v) is 9.52. The molecule has 426 valence electrons. The zero-order valence-electron chi connectivity index (χ0n) is 48.7. The van der Waals surface area contributed by atoms with Gasteiger partial charge in [0, 0.05) is 95.3 Å². The van der Waals surface area contributed by atoms with E-state index in [0.29, 0.717) is 32.8 Å². The number of Topliss-reactive ketones (excluding diaryl/α,β-unsaturated/α-hetero) is 1. The molecular weight excluding hydrogens is 1100 g/mol. The van der Waals surface area contributed by atoms with Crippen LogP contribution in [0.4, 0.5) is 0 Å². The highest BCUT2D eigenvalue weighted by molar-refractivity contribution is 6.74. The predicted molar refractivity (Wildman–Crippen MR) is 327 cm³/mol. The highest BCUT2D eigenvalue weighted by Crippen LogP contribution is 2.45. The van der Waals surface area contributed by atoms with Gasteiger partial charge >= 0.3 is 11.7 Å². The zero-order valence-corrected chi connectivity index (χ0v) is 49.7. The Hall–Kier alpha value is -11.0. The van der Waals surface area contributed by atoms with Crippen LogP contribution < -0.4 is 25.5 Å². The normalized spacial score (nSPS) is 14.3. The van der Waals surface area contributed by atoms with Crippen molar-refractivity contribution in [3.8, 4) is 148 Å². The minimum Gasteiger partial charge on any atom is -0.497 e. The maximum atomic E-state index is 15.0. The average Bonchev–Trinajstić information content (AvgIpc) is 1.37. The molecule has 4 aromatic carbocycles. The number of aromatic nitrogens is 2. The minimum absolute atomic E-state index is 0.0881. The molecule has 5 aromatic rings. The Balaban J connectivity index is 1.34. The first-order valence-electron chi connectivity index (χ1n) is 26.5. The molecular formula is C71H56N2O12Si. The molecule has 15 heteroatoms. The summed E-state index contributed by atoms with van der Waals surface area (Å²) < 4.78 is 45.9. The van der Waals surface area contributed by atoms with Gasteiger partial charge in [-0.25, -0.2) is 4.79 Å². The third-order valence-corrected chi connectivity index (χ3v) is 17.8. The summed E-state index contributed by atoms with van der Waals surface area (Å²) in [5, 5.41) is -0.439. The van der Waals surface area contributed by atoms with Crippen molar-refractivity contribution in [2.45, 2.75) is 95.7 Å². The molecule has 14 nitrogen and oxygen atoms in total. The SMILES string of the molecule is C#CC#CC#CC#CC#CC#CC#CC#CC#CC#CC#COc1cc(C)cc(C(=O)n2c(=O)ccn([C@@H]3O[C@H](COC(c4ccccc4)(c4ccc(OC)cc4)c4ccc(OC)cc4)C(OC(=O)CCC(C)=O)[C@@H]3O[Si](C)(C)C(C)(C)C)c2=O)c1. The smallest absolute Gasteiger partial charge is 0.340 e. The molecule has 1 unspecified atom stereocenters. The molecule has 1 saturated heterocycles.